The van der Waals surface area contributed by atoms with Gasteiger partial charge in [-0.05, 0) is 186 Å². The average Bonchev–Trinajstić information content (AvgIpc) is 3.29. The van der Waals surface area contributed by atoms with Crippen molar-refractivity contribution in [3.05, 3.63) is 166 Å². The Morgan fingerprint density at radius 3 is 1.36 bits per heavy atom. The lowest BCUT2D eigenvalue weighted by molar-refractivity contribution is 0.0756. The van der Waals surface area contributed by atoms with Crippen molar-refractivity contribution in [3.63, 3.8) is 0 Å². The van der Waals surface area contributed by atoms with Gasteiger partial charge in [-0.25, -0.2) is 0 Å². The molecule has 0 aliphatic heterocycles. The van der Waals surface area contributed by atoms with Crippen LogP contribution in [-0.4, -0.2) is 44.4 Å². The van der Waals surface area contributed by atoms with E-state index in [0.29, 0.717) is 45.6 Å². The van der Waals surface area contributed by atoms with Gasteiger partial charge in [0.05, 0.1) is 34.0 Å². The first-order chi connectivity index (χ1) is 30.7. The van der Waals surface area contributed by atoms with Crippen LogP contribution in [0.25, 0.3) is 0 Å². The number of rotatable bonds is 22. The molecule has 6 aromatic carbocycles. The topological polar surface area (TPSA) is 113 Å². The van der Waals surface area contributed by atoms with Crippen LogP contribution in [0.1, 0.15) is 103 Å². The zero-order valence-electron chi connectivity index (χ0n) is 38.5. The van der Waals surface area contributed by atoms with E-state index in [2.05, 4.69) is 30.3 Å². The van der Waals surface area contributed by atoms with Crippen LogP contribution in [0.3, 0.4) is 0 Å². The summed E-state index contributed by atoms with van der Waals surface area (Å²) in [5.74, 6) is 4.47. The van der Waals surface area contributed by atoms with Crippen molar-refractivity contribution < 1.29 is 43.4 Å². The third-order valence-electron chi connectivity index (χ3n) is 11.5. The fourth-order valence-electron chi connectivity index (χ4n) is 7.92. The first kappa shape index (κ1) is 47.0. The summed E-state index contributed by atoms with van der Waals surface area (Å²) in [7, 11) is 6.50. The predicted octanol–water partition coefficient (Wildman–Crippen LogP) is 12.1. The maximum atomic E-state index is 13.5. The highest BCUT2D eigenvalue weighted by Gasteiger charge is 2.27. The summed E-state index contributed by atoms with van der Waals surface area (Å²) in [6.07, 6.45) is 7.61. The number of aromatic hydroxyl groups is 1. The number of benzene rings is 6. The quantitative estimate of drug-likeness (QED) is 0.0509. The van der Waals surface area contributed by atoms with Crippen LogP contribution < -0.4 is 28.4 Å². The number of aryl methyl sites for hydroxylation is 4. The second-order valence-electron chi connectivity index (χ2n) is 17.1. The molecule has 0 radical (unpaired) electrons. The molecule has 0 aliphatic carbocycles. The molecular formula is C55H62O9. The zero-order chi connectivity index (χ0) is 45.9. The van der Waals surface area contributed by atoms with Crippen LogP contribution in [0.4, 0.5) is 0 Å². The van der Waals surface area contributed by atoms with Gasteiger partial charge in [-0.2, -0.15) is 0 Å². The predicted molar refractivity (Wildman–Crippen MR) is 252 cm³/mol. The summed E-state index contributed by atoms with van der Waals surface area (Å²) in [4.78, 5) is 13.5. The molecular weight excluding hydrogens is 805 g/mol. The molecule has 0 atom stereocenters. The molecule has 0 unspecified atom stereocenters. The lowest BCUT2D eigenvalue weighted by Gasteiger charge is -2.29. The molecule has 9 heteroatoms. The number of phenolic OH excluding ortho intramolecular Hbond substituents is 1. The molecule has 0 saturated carbocycles. The largest absolute Gasteiger partial charge is 0.504 e. The van der Waals surface area contributed by atoms with Crippen LogP contribution in [0, 0.1) is 0 Å². The van der Waals surface area contributed by atoms with Gasteiger partial charge in [-0.15, -0.1) is 0 Å². The van der Waals surface area contributed by atoms with E-state index in [1.165, 1.54) is 11.1 Å². The Kier molecular flexibility index (Phi) is 15.6. The first-order valence-corrected chi connectivity index (χ1v) is 21.9. The number of methoxy groups -OCH3 is 4. The number of carbonyl (C=O) groups is 1. The summed E-state index contributed by atoms with van der Waals surface area (Å²) in [5.41, 5.74) is 5.76. The van der Waals surface area contributed by atoms with Gasteiger partial charge >= 0.3 is 0 Å². The number of unbranched alkanes of at least 4 members (excludes halogenated alkanes) is 2. The Morgan fingerprint density at radius 1 is 0.469 bits per heavy atom. The maximum absolute atomic E-state index is 13.5. The summed E-state index contributed by atoms with van der Waals surface area (Å²) in [6, 6.07) is 38.1. The number of phenols is 1. The summed E-state index contributed by atoms with van der Waals surface area (Å²) in [5, 5.41) is 20.3. The number of carbonyl (C=O) groups excluding carboxylic acids is 1. The molecule has 0 aromatic heterocycles. The number of hydrogen-bond donors (Lipinski definition) is 2. The molecule has 0 heterocycles. The number of hydrogen-bond acceptors (Lipinski definition) is 9. The molecule has 0 fully saturated rings. The standard InChI is InChI=1S/C55H62O9/c1-54(2,58)45-29-17-37(33-49(45)59-5)13-10-12-16-40-20-32-48(52(36-40)62-8)63-43-25-21-41(22-26-43)53(57)42-23-27-44(28-24-42)64-55(3,4)46-30-18-38(34-50(46)60-6)14-9-11-15-39-19-31-47(56)51(35-39)61-7/h17-36,56,58H,9-16H2,1-8H3. The van der Waals surface area contributed by atoms with Crippen molar-refractivity contribution in [2.45, 2.75) is 90.3 Å². The Bertz CT molecular complexity index is 2480. The minimum atomic E-state index is -0.964. The van der Waals surface area contributed by atoms with Crippen LogP contribution in [0.2, 0.25) is 0 Å². The van der Waals surface area contributed by atoms with Crippen LogP contribution in [0.15, 0.2) is 121 Å². The van der Waals surface area contributed by atoms with Gasteiger partial charge in [0.15, 0.2) is 28.8 Å². The Hall–Kier alpha value is -6.45. The van der Waals surface area contributed by atoms with E-state index in [4.69, 9.17) is 28.4 Å². The SMILES string of the molecule is COc1cc(CCCCc2ccc(C(C)(C)Oc3ccc(C(=O)c4ccc(Oc5ccc(CCCCc6ccc(C(C)(C)O)c(OC)c6)cc5OC)cc4)cc3)c(OC)c2)ccc1O. The Balaban J connectivity index is 0.988. The third kappa shape index (κ3) is 12.2. The average molecular weight is 867 g/mol. The number of ketones is 1. The van der Waals surface area contributed by atoms with Crippen molar-refractivity contribution in [3.8, 4) is 46.0 Å². The Labute approximate surface area is 378 Å². The van der Waals surface area contributed by atoms with Gasteiger partial charge in [-0.1, -0.05) is 36.4 Å². The molecule has 6 aromatic rings. The van der Waals surface area contributed by atoms with Crippen LogP contribution in [-0.2, 0) is 36.9 Å². The second-order valence-corrected chi connectivity index (χ2v) is 17.1. The van der Waals surface area contributed by atoms with E-state index in [9.17, 15) is 15.0 Å². The van der Waals surface area contributed by atoms with Gasteiger partial charge in [0.2, 0.25) is 0 Å². The van der Waals surface area contributed by atoms with E-state index in [1.54, 1.807) is 84.8 Å². The van der Waals surface area contributed by atoms with Crippen molar-refractivity contribution in [2.24, 2.45) is 0 Å². The normalized spacial score (nSPS) is 11.5. The Morgan fingerprint density at radius 2 is 0.875 bits per heavy atom. The van der Waals surface area contributed by atoms with Crippen molar-refractivity contribution in [1.82, 2.24) is 0 Å². The lowest BCUT2D eigenvalue weighted by atomic mass is 9.94. The van der Waals surface area contributed by atoms with Gasteiger partial charge in [0.25, 0.3) is 0 Å². The molecule has 64 heavy (non-hydrogen) atoms. The van der Waals surface area contributed by atoms with E-state index >= 15 is 0 Å². The zero-order valence-corrected chi connectivity index (χ0v) is 38.5. The lowest BCUT2D eigenvalue weighted by Crippen LogP contribution is -2.26. The molecule has 0 spiro atoms. The minimum absolute atomic E-state index is 0.107. The van der Waals surface area contributed by atoms with Crippen molar-refractivity contribution in [1.29, 1.82) is 0 Å². The van der Waals surface area contributed by atoms with Gasteiger partial charge in [0.1, 0.15) is 28.6 Å². The molecule has 336 valence electrons. The van der Waals surface area contributed by atoms with Crippen molar-refractivity contribution in [2.75, 3.05) is 28.4 Å². The summed E-state index contributed by atoms with van der Waals surface area (Å²) < 4.78 is 35.0. The monoisotopic (exact) mass is 866 g/mol. The van der Waals surface area contributed by atoms with Gasteiger partial charge in [0, 0.05) is 22.3 Å². The summed E-state index contributed by atoms with van der Waals surface area (Å²) >= 11 is 0. The molecule has 0 amide bonds. The van der Waals surface area contributed by atoms with Gasteiger partial charge < -0.3 is 38.6 Å². The summed E-state index contributed by atoms with van der Waals surface area (Å²) in [6.45, 7) is 7.53. The maximum Gasteiger partial charge on any atom is 0.193 e. The van der Waals surface area contributed by atoms with E-state index in [-0.39, 0.29) is 11.5 Å². The molecule has 6 rings (SSSR count). The second kappa shape index (κ2) is 21.3. The fraction of sp³-hybridized carbons (Fsp3) is 0.327. The highest BCUT2D eigenvalue weighted by atomic mass is 16.5. The third-order valence-corrected chi connectivity index (χ3v) is 11.5. The fourth-order valence-corrected chi connectivity index (χ4v) is 7.92. The smallest absolute Gasteiger partial charge is 0.193 e. The minimum Gasteiger partial charge on any atom is -0.504 e. The molecule has 0 bridgehead atoms. The number of ether oxygens (including phenoxy) is 6. The molecule has 9 nitrogen and oxygen atoms in total. The number of aliphatic hydroxyl groups is 1. The first-order valence-electron chi connectivity index (χ1n) is 21.9. The molecule has 2 N–H and O–H groups in total. The van der Waals surface area contributed by atoms with Gasteiger partial charge in [-0.3, -0.25) is 4.79 Å². The van der Waals surface area contributed by atoms with Crippen LogP contribution in [0.5, 0.6) is 46.0 Å². The molecule has 0 aliphatic rings. The highest BCUT2D eigenvalue weighted by molar-refractivity contribution is 6.09. The van der Waals surface area contributed by atoms with Crippen LogP contribution >= 0.6 is 0 Å². The highest BCUT2D eigenvalue weighted by Crippen LogP contribution is 2.37. The van der Waals surface area contributed by atoms with Crippen molar-refractivity contribution >= 4 is 5.78 Å². The molecule has 0 saturated heterocycles. The van der Waals surface area contributed by atoms with E-state index < -0.39 is 11.2 Å². The van der Waals surface area contributed by atoms with E-state index in [1.807, 2.05) is 62.4 Å². The van der Waals surface area contributed by atoms with E-state index in [0.717, 1.165) is 79.4 Å².